The standard InChI is InChI=1S/C19H28N4O3/c1-26-17-7-5-16(6-8-17)23-14-15(13-18(23)24)21-19(25)20-9-4-12-22-10-2-3-11-22/h5-8,15H,2-4,9-14H2,1H3,(H2,20,21,25)/t15-/m0/s1. The van der Waals surface area contributed by atoms with Crippen LogP contribution >= 0.6 is 0 Å². The summed E-state index contributed by atoms with van der Waals surface area (Å²) in [5, 5.41) is 5.80. The minimum Gasteiger partial charge on any atom is -0.497 e. The highest BCUT2D eigenvalue weighted by atomic mass is 16.5. The van der Waals surface area contributed by atoms with Gasteiger partial charge in [-0.1, -0.05) is 0 Å². The van der Waals surface area contributed by atoms with Crippen LogP contribution in [0.5, 0.6) is 5.75 Å². The molecule has 3 rings (SSSR count). The number of nitrogens with one attached hydrogen (secondary N) is 2. The average Bonchev–Trinajstić information content (AvgIpc) is 3.28. The number of carbonyl (C=O) groups is 2. The van der Waals surface area contributed by atoms with Crippen LogP contribution in [0.2, 0.25) is 0 Å². The first-order valence-corrected chi connectivity index (χ1v) is 9.37. The predicted octanol–water partition coefficient (Wildman–Crippen LogP) is 1.59. The first-order valence-electron chi connectivity index (χ1n) is 9.37. The highest BCUT2D eigenvalue weighted by Gasteiger charge is 2.31. The third kappa shape index (κ3) is 4.88. The Kier molecular flexibility index (Phi) is 6.33. The van der Waals surface area contributed by atoms with Crippen molar-refractivity contribution < 1.29 is 14.3 Å². The van der Waals surface area contributed by atoms with Crippen LogP contribution in [-0.2, 0) is 4.79 Å². The second-order valence-electron chi connectivity index (χ2n) is 6.91. The number of nitrogens with zero attached hydrogens (tertiary/aromatic N) is 2. The second kappa shape index (κ2) is 8.89. The molecule has 2 aliphatic heterocycles. The maximum absolute atomic E-state index is 12.2. The lowest BCUT2D eigenvalue weighted by Gasteiger charge is -2.18. The number of hydrogen-bond acceptors (Lipinski definition) is 4. The highest BCUT2D eigenvalue weighted by molar-refractivity contribution is 5.96. The van der Waals surface area contributed by atoms with Crippen molar-refractivity contribution >= 4 is 17.6 Å². The van der Waals surface area contributed by atoms with Gasteiger partial charge in [0.2, 0.25) is 5.91 Å². The number of anilines is 1. The van der Waals surface area contributed by atoms with E-state index in [2.05, 4.69) is 15.5 Å². The summed E-state index contributed by atoms with van der Waals surface area (Å²) in [6.07, 6.45) is 3.85. The Morgan fingerprint density at radius 1 is 1.23 bits per heavy atom. The van der Waals surface area contributed by atoms with Crippen LogP contribution < -0.4 is 20.3 Å². The van der Waals surface area contributed by atoms with E-state index in [0.717, 1.165) is 24.4 Å². The van der Waals surface area contributed by atoms with Gasteiger partial charge >= 0.3 is 6.03 Å². The number of methoxy groups -OCH3 is 1. The van der Waals surface area contributed by atoms with Gasteiger partial charge in [0.25, 0.3) is 0 Å². The van der Waals surface area contributed by atoms with Gasteiger partial charge in [-0.2, -0.15) is 0 Å². The summed E-state index contributed by atoms with van der Waals surface area (Å²) in [6.45, 7) is 4.54. The summed E-state index contributed by atoms with van der Waals surface area (Å²) in [5.41, 5.74) is 0.825. The van der Waals surface area contributed by atoms with Crippen LogP contribution in [0.15, 0.2) is 24.3 Å². The topological polar surface area (TPSA) is 73.9 Å². The van der Waals surface area contributed by atoms with E-state index in [9.17, 15) is 9.59 Å². The largest absolute Gasteiger partial charge is 0.497 e. The predicted molar refractivity (Wildman–Crippen MR) is 101 cm³/mol. The van der Waals surface area contributed by atoms with E-state index in [1.165, 1.54) is 25.9 Å². The third-order valence-electron chi connectivity index (χ3n) is 4.98. The van der Waals surface area contributed by atoms with E-state index in [1.54, 1.807) is 12.0 Å². The molecule has 0 spiro atoms. The van der Waals surface area contributed by atoms with Crippen molar-refractivity contribution in [3.63, 3.8) is 0 Å². The molecule has 26 heavy (non-hydrogen) atoms. The van der Waals surface area contributed by atoms with Gasteiger partial charge in [-0.05, 0) is 63.2 Å². The Bertz CT molecular complexity index is 614. The smallest absolute Gasteiger partial charge is 0.315 e. The van der Waals surface area contributed by atoms with Gasteiger partial charge in [0.1, 0.15) is 5.75 Å². The van der Waals surface area contributed by atoms with Crippen molar-refractivity contribution in [2.24, 2.45) is 0 Å². The van der Waals surface area contributed by atoms with Crippen molar-refractivity contribution in [2.45, 2.75) is 31.7 Å². The van der Waals surface area contributed by atoms with Gasteiger partial charge < -0.3 is 25.2 Å². The van der Waals surface area contributed by atoms with Crippen molar-refractivity contribution in [1.82, 2.24) is 15.5 Å². The first kappa shape index (κ1) is 18.5. The molecule has 2 N–H and O–H groups in total. The zero-order chi connectivity index (χ0) is 18.4. The Morgan fingerprint density at radius 2 is 1.96 bits per heavy atom. The SMILES string of the molecule is COc1ccc(N2C[C@@H](NC(=O)NCCCN3CCCC3)CC2=O)cc1. The Labute approximate surface area is 154 Å². The number of ether oxygens (including phenoxy) is 1. The number of urea groups is 1. The molecule has 0 unspecified atom stereocenters. The molecule has 142 valence electrons. The van der Waals surface area contributed by atoms with Crippen LogP contribution in [-0.4, -0.2) is 62.7 Å². The van der Waals surface area contributed by atoms with Gasteiger partial charge in [0, 0.05) is 25.2 Å². The summed E-state index contributed by atoms with van der Waals surface area (Å²) < 4.78 is 5.14. The van der Waals surface area contributed by atoms with Crippen LogP contribution in [0.1, 0.15) is 25.7 Å². The van der Waals surface area contributed by atoms with E-state index in [0.29, 0.717) is 19.5 Å². The van der Waals surface area contributed by atoms with Crippen molar-refractivity contribution in [3.05, 3.63) is 24.3 Å². The van der Waals surface area contributed by atoms with Gasteiger partial charge in [0.05, 0.1) is 13.2 Å². The molecule has 0 saturated carbocycles. The van der Waals surface area contributed by atoms with E-state index < -0.39 is 0 Å². The number of hydrogen-bond donors (Lipinski definition) is 2. The molecule has 2 fully saturated rings. The molecule has 7 heteroatoms. The molecular formula is C19H28N4O3. The molecule has 2 saturated heterocycles. The quantitative estimate of drug-likeness (QED) is 0.724. The number of benzene rings is 1. The van der Waals surface area contributed by atoms with E-state index >= 15 is 0 Å². The van der Waals surface area contributed by atoms with Crippen molar-refractivity contribution in [3.8, 4) is 5.75 Å². The fourth-order valence-corrected chi connectivity index (χ4v) is 3.56. The molecule has 1 atom stereocenters. The minimum atomic E-state index is -0.194. The molecule has 1 aromatic rings. The summed E-state index contributed by atoms with van der Waals surface area (Å²) in [7, 11) is 1.61. The second-order valence-corrected chi connectivity index (χ2v) is 6.91. The fourth-order valence-electron chi connectivity index (χ4n) is 3.56. The summed E-state index contributed by atoms with van der Waals surface area (Å²) in [5.74, 6) is 0.776. The summed E-state index contributed by atoms with van der Waals surface area (Å²) >= 11 is 0. The van der Waals surface area contributed by atoms with Crippen LogP contribution in [0.3, 0.4) is 0 Å². The third-order valence-corrected chi connectivity index (χ3v) is 4.98. The molecule has 2 heterocycles. The fraction of sp³-hybridized carbons (Fsp3) is 0.579. The van der Waals surface area contributed by atoms with E-state index in [1.807, 2.05) is 24.3 Å². The van der Waals surface area contributed by atoms with Crippen LogP contribution in [0.4, 0.5) is 10.5 Å². The molecule has 0 aliphatic carbocycles. The van der Waals surface area contributed by atoms with Gasteiger partial charge in [0.15, 0.2) is 0 Å². The zero-order valence-corrected chi connectivity index (χ0v) is 15.4. The molecular weight excluding hydrogens is 332 g/mol. The molecule has 2 aliphatic rings. The first-order chi connectivity index (χ1) is 12.7. The Balaban J connectivity index is 1.39. The molecule has 7 nitrogen and oxygen atoms in total. The molecule has 0 radical (unpaired) electrons. The Hall–Kier alpha value is -2.28. The number of likely N-dealkylation sites (tertiary alicyclic amines) is 1. The van der Waals surface area contributed by atoms with Gasteiger partial charge in [-0.25, -0.2) is 4.79 Å². The summed E-state index contributed by atoms with van der Waals surface area (Å²) in [6, 6.07) is 7.02. The minimum absolute atomic E-state index is 0.0227. The number of amides is 3. The number of rotatable bonds is 7. The van der Waals surface area contributed by atoms with Gasteiger partial charge in [-0.15, -0.1) is 0 Å². The molecule has 0 bridgehead atoms. The van der Waals surface area contributed by atoms with Crippen LogP contribution in [0, 0.1) is 0 Å². The Morgan fingerprint density at radius 3 is 2.65 bits per heavy atom. The van der Waals surface area contributed by atoms with E-state index in [-0.39, 0.29) is 18.0 Å². The number of carbonyl (C=O) groups excluding carboxylic acids is 2. The van der Waals surface area contributed by atoms with Crippen LogP contribution in [0.25, 0.3) is 0 Å². The molecule has 1 aromatic carbocycles. The molecule has 3 amide bonds. The summed E-state index contributed by atoms with van der Waals surface area (Å²) in [4.78, 5) is 28.4. The van der Waals surface area contributed by atoms with Crippen molar-refractivity contribution in [2.75, 3.05) is 44.7 Å². The maximum Gasteiger partial charge on any atom is 0.315 e. The van der Waals surface area contributed by atoms with Crippen molar-refractivity contribution in [1.29, 1.82) is 0 Å². The van der Waals surface area contributed by atoms with Gasteiger partial charge in [-0.3, -0.25) is 4.79 Å². The van der Waals surface area contributed by atoms with E-state index in [4.69, 9.17) is 4.74 Å². The molecule has 0 aromatic heterocycles. The highest BCUT2D eigenvalue weighted by Crippen LogP contribution is 2.24. The normalized spacial score (nSPS) is 20.4. The lowest BCUT2D eigenvalue weighted by molar-refractivity contribution is -0.117. The monoisotopic (exact) mass is 360 g/mol. The maximum atomic E-state index is 12.2. The lowest BCUT2D eigenvalue weighted by Crippen LogP contribution is -2.44. The average molecular weight is 360 g/mol. The zero-order valence-electron chi connectivity index (χ0n) is 15.4. The lowest BCUT2D eigenvalue weighted by atomic mass is 10.2.